The fourth-order valence-electron chi connectivity index (χ4n) is 3.32. The molecule has 1 aromatic carbocycles. The second-order valence-electron chi connectivity index (χ2n) is 6.65. The van der Waals surface area contributed by atoms with Crippen LogP contribution in [0.3, 0.4) is 0 Å². The van der Waals surface area contributed by atoms with Crippen molar-refractivity contribution in [1.29, 1.82) is 0 Å². The summed E-state index contributed by atoms with van der Waals surface area (Å²) in [6.07, 6.45) is 0. The average Bonchev–Trinajstić information content (AvgIpc) is 2.44. The Kier molecular flexibility index (Phi) is 3.99. The van der Waals surface area contributed by atoms with Gasteiger partial charge in [-0.15, -0.1) is 0 Å². The molecule has 0 N–H and O–H groups in total. The number of benzene rings is 1. The first-order valence-electron chi connectivity index (χ1n) is 7.91. The molecule has 0 aromatic heterocycles. The Balaban J connectivity index is 1.59. The number of anilines is 1. The molecular weight excluding hydrogens is 246 g/mol. The minimum absolute atomic E-state index is 0.613. The third-order valence-electron chi connectivity index (χ3n) is 4.78. The molecule has 0 radical (unpaired) electrons. The van der Waals surface area contributed by atoms with Crippen molar-refractivity contribution in [3.05, 3.63) is 29.8 Å². The van der Waals surface area contributed by atoms with Crippen LogP contribution in [-0.4, -0.2) is 62.2 Å². The summed E-state index contributed by atoms with van der Waals surface area (Å²) < 4.78 is 0. The zero-order valence-corrected chi connectivity index (χ0v) is 13.0. The summed E-state index contributed by atoms with van der Waals surface area (Å²) >= 11 is 0. The molecule has 1 aromatic rings. The Morgan fingerprint density at radius 3 is 2.35 bits per heavy atom. The van der Waals surface area contributed by atoms with Crippen LogP contribution in [-0.2, 0) is 0 Å². The molecule has 0 amide bonds. The van der Waals surface area contributed by atoms with Crippen LogP contribution in [0.1, 0.15) is 25.3 Å². The van der Waals surface area contributed by atoms with Gasteiger partial charge in [-0.1, -0.05) is 26.0 Å². The van der Waals surface area contributed by atoms with E-state index in [2.05, 4.69) is 59.9 Å². The van der Waals surface area contributed by atoms with Crippen LogP contribution in [0, 0.1) is 0 Å². The predicted molar refractivity (Wildman–Crippen MR) is 85.6 cm³/mol. The smallest absolute Gasteiger partial charge is 0.0369 e. The van der Waals surface area contributed by atoms with Crippen molar-refractivity contribution in [3.63, 3.8) is 0 Å². The molecular formula is C17H27N3. The topological polar surface area (TPSA) is 9.72 Å². The van der Waals surface area contributed by atoms with Crippen LogP contribution < -0.4 is 4.90 Å². The van der Waals surface area contributed by atoms with E-state index in [1.54, 1.807) is 0 Å². The van der Waals surface area contributed by atoms with E-state index >= 15 is 0 Å². The van der Waals surface area contributed by atoms with Crippen molar-refractivity contribution in [2.24, 2.45) is 0 Å². The van der Waals surface area contributed by atoms with Crippen molar-refractivity contribution in [2.45, 2.75) is 25.8 Å². The Hall–Kier alpha value is -1.06. The number of nitrogens with zero attached hydrogens (tertiary/aromatic N) is 3. The summed E-state index contributed by atoms with van der Waals surface area (Å²) in [5, 5.41) is 0. The Morgan fingerprint density at radius 2 is 1.75 bits per heavy atom. The maximum atomic E-state index is 2.67. The molecule has 3 heteroatoms. The van der Waals surface area contributed by atoms with Gasteiger partial charge in [0.2, 0.25) is 0 Å². The molecule has 0 aliphatic carbocycles. The molecule has 3 rings (SSSR count). The lowest BCUT2D eigenvalue weighted by molar-refractivity contribution is 0.0488. The van der Waals surface area contributed by atoms with E-state index in [0.29, 0.717) is 5.92 Å². The highest BCUT2D eigenvalue weighted by Gasteiger charge is 2.31. The van der Waals surface area contributed by atoms with Gasteiger partial charge in [-0.05, 0) is 30.7 Å². The number of likely N-dealkylation sites (N-methyl/N-ethyl adjacent to an activating group) is 1. The van der Waals surface area contributed by atoms with Gasteiger partial charge < -0.3 is 9.80 Å². The summed E-state index contributed by atoms with van der Waals surface area (Å²) in [6.45, 7) is 11.8. The van der Waals surface area contributed by atoms with E-state index in [1.165, 1.54) is 50.5 Å². The van der Waals surface area contributed by atoms with E-state index in [9.17, 15) is 0 Å². The van der Waals surface area contributed by atoms with Gasteiger partial charge in [0.05, 0.1) is 0 Å². The third kappa shape index (κ3) is 2.84. The Labute approximate surface area is 123 Å². The van der Waals surface area contributed by atoms with Gasteiger partial charge in [-0.2, -0.15) is 0 Å². The van der Waals surface area contributed by atoms with Crippen molar-refractivity contribution < 1.29 is 0 Å². The molecule has 2 fully saturated rings. The number of hydrogen-bond acceptors (Lipinski definition) is 3. The Morgan fingerprint density at radius 1 is 1.05 bits per heavy atom. The maximum absolute atomic E-state index is 2.67. The van der Waals surface area contributed by atoms with E-state index in [4.69, 9.17) is 0 Å². The predicted octanol–water partition coefficient (Wildman–Crippen LogP) is 2.25. The highest BCUT2D eigenvalue weighted by Crippen LogP contribution is 2.23. The highest BCUT2D eigenvalue weighted by atomic mass is 15.3. The molecule has 0 spiro atoms. The van der Waals surface area contributed by atoms with E-state index in [1.807, 2.05) is 0 Å². The van der Waals surface area contributed by atoms with Crippen LogP contribution in [0.5, 0.6) is 0 Å². The number of hydrogen-bond donors (Lipinski definition) is 0. The molecule has 0 saturated carbocycles. The first-order valence-corrected chi connectivity index (χ1v) is 7.91. The molecule has 20 heavy (non-hydrogen) atoms. The van der Waals surface area contributed by atoms with Crippen LogP contribution >= 0.6 is 0 Å². The second-order valence-corrected chi connectivity index (χ2v) is 6.65. The summed E-state index contributed by atoms with van der Waals surface area (Å²) in [5.74, 6) is 0.613. The van der Waals surface area contributed by atoms with Gasteiger partial charge in [-0.3, -0.25) is 4.90 Å². The lowest BCUT2D eigenvalue weighted by atomic mass is 10.0. The molecule has 2 heterocycles. The standard InChI is InChI=1S/C17H27N3/c1-14(2)15-5-4-6-16(11-15)19-7-9-20(10-8-19)17-12-18(3)13-17/h4-6,11,14,17H,7-10,12-13H2,1-3H3. The summed E-state index contributed by atoms with van der Waals surface area (Å²) in [4.78, 5) is 7.62. The van der Waals surface area contributed by atoms with Crippen LogP contribution in [0.25, 0.3) is 0 Å². The van der Waals surface area contributed by atoms with Crippen LogP contribution in [0.2, 0.25) is 0 Å². The van der Waals surface area contributed by atoms with Gasteiger partial charge >= 0.3 is 0 Å². The summed E-state index contributed by atoms with van der Waals surface area (Å²) in [7, 11) is 2.21. The van der Waals surface area contributed by atoms with E-state index in [0.717, 1.165) is 6.04 Å². The van der Waals surface area contributed by atoms with Crippen LogP contribution in [0.15, 0.2) is 24.3 Å². The van der Waals surface area contributed by atoms with Crippen molar-refractivity contribution in [1.82, 2.24) is 9.80 Å². The second kappa shape index (κ2) is 5.74. The lowest BCUT2D eigenvalue weighted by Crippen LogP contribution is -2.61. The van der Waals surface area contributed by atoms with Crippen LogP contribution in [0.4, 0.5) is 5.69 Å². The normalized spacial score (nSPS) is 22.3. The molecule has 110 valence electrons. The summed E-state index contributed by atoms with van der Waals surface area (Å²) in [6, 6.07) is 9.90. The van der Waals surface area contributed by atoms with E-state index < -0.39 is 0 Å². The molecule has 0 atom stereocenters. The highest BCUT2D eigenvalue weighted by molar-refractivity contribution is 5.49. The molecule has 0 bridgehead atoms. The molecule has 3 nitrogen and oxygen atoms in total. The van der Waals surface area contributed by atoms with Crippen molar-refractivity contribution in [3.8, 4) is 0 Å². The monoisotopic (exact) mass is 273 g/mol. The zero-order valence-electron chi connectivity index (χ0n) is 13.0. The molecule has 2 aliphatic rings. The van der Waals surface area contributed by atoms with Gasteiger partial charge in [0.25, 0.3) is 0 Å². The van der Waals surface area contributed by atoms with Gasteiger partial charge in [0, 0.05) is 51.0 Å². The minimum atomic E-state index is 0.613. The fourth-order valence-corrected chi connectivity index (χ4v) is 3.32. The van der Waals surface area contributed by atoms with E-state index in [-0.39, 0.29) is 0 Å². The third-order valence-corrected chi connectivity index (χ3v) is 4.78. The van der Waals surface area contributed by atoms with Crippen molar-refractivity contribution >= 4 is 5.69 Å². The van der Waals surface area contributed by atoms with Gasteiger partial charge in [-0.25, -0.2) is 0 Å². The number of likely N-dealkylation sites (tertiary alicyclic amines) is 1. The average molecular weight is 273 g/mol. The Bertz CT molecular complexity index is 443. The maximum Gasteiger partial charge on any atom is 0.0369 e. The SMILES string of the molecule is CC(C)c1cccc(N2CCN(C3CN(C)C3)CC2)c1. The molecule has 2 saturated heterocycles. The number of rotatable bonds is 3. The number of piperazine rings is 1. The molecule has 2 aliphatic heterocycles. The van der Waals surface area contributed by atoms with Crippen molar-refractivity contribution in [2.75, 3.05) is 51.2 Å². The fraction of sp³-hybridized carbons (Fsp3) is 0.647. The quantitative estimate of drug-likeness (QED) is 0.836. The van der Waals surface area contributed by atoms with Gasteiger partial charge in [0.15, 0.2) is 0 Å². The minimum Gasteiger partial charge on any atom is -0.369 e. The summed E-state index contributed by atoms with van der Waals surface area (Å²) in [5.41, 5.74) is 2.85. The molecule has 0 unspecified atom stereocenters. The largest absolute Gasteiger partial charge is 0.369 e. The first kappa shape index (κ1) is 13.9. The first-order chi connectivity index (χ1) is 9.63. The zero-order chi connectivity index (χ0) is 14.1. The van der Waals surface area contributed by atoms with Gasteiger partial charge in [0.1, 0.15) is 0 Å². The lowest BCUT2D eigenvalue weighted by Gasteiger charge is -2.47.